The molecule has 1 saturated carbocycles. The third kappa shape index (κ3) is 5.06. The molecule has 3 aromatic rings. The first kappa shape index (κ1) is 23.7. The van der Waals surface area contributed by atoms with E-state index in [1.165, 1.54) is 6.42 Å². The van der Waals surface area contributed by atoms with Crippen LogP contribution in [0.15, 0.2) is 78.9 Å². The Bertz CT molecular complexity index is 1100. The van der Waals surface area contributed by atoms with Gasteiger partial charge in [0.2, 0.25) is 0 Å². The van der Waals surface area contributed by atoms with Crippen molar-refractivity contribution in [2.75, 3.05) is 4.90 Å². The molecule has 3 aromatic carbocycles. The molecule has 34 heavy (non-hydrogen) atoms. The Kier molecular flexibility index (Phi) is 7.79. The Morgan fingerprint density at radius 3 is 2.15 bits per heavy atom. The lowest BCUT2D eigenvalue weighted by atomic mass is 9.82. The minimum absolute atomic E-state index is 0.0559. The molecule has 0 bridgehead atoms. The first-order valence-corrected chi connectivity index (χ1v) is 12.4. The van der Waals surface area contributed by atoms with Crippen molar-refractivity contribution < 1.29 is 14.7 Å². The molecule has 0 spiro atoms. The molecule has 1 N–H and O–H groups in total. The summed E-state index contributed by atoms with van der Waals surface area (Å²) in [6.07, 6.45) is 6.90. The van der Waals surface area contributed by atoms with E-state index in [9.17, 15) is 14.7 Å². The number of rotatable bonds is 8. The summed E-state index contributed by atoms with van der Waals surface area (Å²) in [6, 6.07) is 24.9. The summed E-state index contributed by atoms with van der Waals surface area (Å²) in [5.74, 6) is -1.12. The second-order valence-corrected chi connectivity index (χ2v) is 9.13. The molecule has 1 aliphatic carbocycles. The molecule has 1 amide bonds. The smallest absolute Gasteiger partial charge is 0.336 e. The molecule has 4 rings (SSSR count). The van der Waals surface area contributed by atoms with Gasteiger partial charge in [0.05, 0.1) is 5.56 Å². The fourth-order valence-electron chi connectivity index (χ4n) is 5.30. The Labute approximate surface area is 202 Å². The SMILES string of the molecule is CCCC(c1ccccc1)c1c(C(=O)O)cccc1N(C(=O)c1ccccc1)C1CCCCC1. The highest BCUT2D eigenvalue weighted by Crippen LogP contribution is 2.41. The van der Waals surface area contributed by atoms with Gasteiger partial charge in [-0.1, -0.05) is 87.2 Å². The fraction of sp³-hybridized carbons (Fsp3) is 0.333. The van der Waals surface area contributed by atoms with Crippen molar-refractivity contribution in [1.29, 1.82) is 0 Å². The van der Waals surface area contributed by atoms with E-state index in [2.05, 4.69) is 19.1 Å². The maximum atomic E-state index is 14.0. The molecule has 1 aliphatic rings. The number of carbonyl (C=O) groups is 2. The molecule has 4 nitrogen and oxygen atoms in total. The van der Waals surface area contributed by atoms with Crippen LogP contribution in [0.1, 0.15) is 89.6 Å². The van der Waals surface area contributed by atoms with Crippen molar-refractivity contribution in [2.45, 2.75) is 63.8 Å². The van der Waals surface area contributed by atoms with Gasteiger partial charge in [-0.05, 0) is 54.7 Å². The molecule has 1 fully saturated rings. The van der Waals surface area contributed by atoms with E-state index >= 15 is 0 Å². The Hall–Kier alpha value is -3.40. The molecule has 0 radical (unpaired) electrons. The van der Waals surface area contributed by atoms with Crippen LogP contribution in [0.2, 0.25) is 0 Å². The van der Waals surface area contributed by atoms with Crippen molar-refractivity contribution in [1.82, 2.24) is 0 Å². The first-order valence-electron chi connectivity index (χ1n) is 12.4. The molecule has 0 heterocycles. The minimum Gasteiger partial charge on any atom is -0.478 e. The van der Waals surface area contributed by atoms with Gasteiger partial charge in [0, 0.05) is 23.2 Å². The summed E-state index contributed by atoms with van der Waals surface area (Å²) < 4.78 is 0. The maximum Gasteiger partial charge on any atom is 0.336 e. The Morgan fingerprint density at radius 2 is 1.53 bits per heavy atom. The number of carboxylic acid groups (broad SMARTS) is 1. The van der Waals surface area contributed by atoms with Crippen molar-refractivity contribution in [3.05, 3.63) is 101 Å². The number of nitrogens with zero attached hydrogens (tertiary/aromatic N) is 1. The third-order valence-corrected chi connectivity index (χ3v) is 6.88. The van der Waals surface area contributed by atoms with Crippen LogP contribution in [0.4, 0.5) is 5.69 Å². The number of amides is 1. The van der Waals surface area contributed by atoms with Gasteiger partial charge in [-0.3, -0.25) is 4.79 Å². The van der Waals surface area contributed by atoms with Crippen molar-refractivity contribution in [3.63, 3.8) is 0 Å². The fourth-order valence-corrected chi connectivity index (χ4v) is 5.30. The number of hydrogen-bond acceptors (Lipinski definition) is 2. The second kappa shape index (κ2) is 11.1. The van der Waals surface area contributed by atoms with Crippen LogP contribution >= 0.6 is 0 Å². The van der Waals surface area contributed by atoms with Crippen molar-refractivity contribution in [2.24, 2.45) is 0 Å². The van der Waals surface area contributed by atoms with Gasteiger partial charge >= 0.3 is 5.97 Å². The van der Waals surface area contributed by atoms with Crippen LogP contribution in [0.3, 0.4) is 0 Å². The number of hydrogen-bond donors (Lipinski definition) is 1. The average Bonchev–Trinajstić information content (AvgIpc) is 2.89. The monoisotopic (exact) mass is 455 g/mol. The number of carbonyl (C=O) groups excluding carboxylic acids is 1. The van der Waals surface area contributed by atoms with Gasteiger partial charge in [0.25, 0.3) is 5.91 Å². The molecule has 0 saturated heterocycles. The van der Waals surface area contributed by atoms with Gasteiger partial charge in [-0.2, -0.15) is 0 Å². The average molecular weight is 456 g/mol. The van der Waals surface area contributed by atoms with E-state index in [0.717, 1.165) is 55.3 Å². The van der Waals surface area contributed by atoms with Gasteiger partial charge in [0.15, 0.2) is 0 Å². The number of anilines is 1. The molecule has 4 heteroatoms. The van der Waals surface area contributed by atoms with E-state index in [1.807, 2.05) is 59.5 Å². The van der Waals surface area contributed by atoms with Crippen LogP contribution in [-0.4, -0.2) is 23.0 Å². The zero-order valence-corrected chi connectivity index (χ0v) is 19.8. The zero-order valence-electron chi connectivity index (χ0n) is 19.8. The lowest BCUT2D eigenvalue weighted by Crippen LogP contribution is -2.42. The summed E-state index contributed by atoms with van der Waals surface area (Å²) in [7, 11) is 0. The van der Waals surface area contributed by atoms with Crippen LogP contribution < -0.4 is 4.90 Å². The topological polar surface area (TPSA) is 57.6 Å². The molecule has 176 valence electrons. The highest BCUT2D eigenvalue weighted by Gasteiger charge is 2.33. The summed E-state index contributed by atoms with van der Waals surface area (Å²) in [5, 5.41) is 10.2. The Balaban J connectivity index is 1.93. The van der Waals surface area contributed by atoms with E-state index in [-0.39, 0.29) is 23.4 Å². The van der Waals surface area contributed by atoms with Crippen LogP contribution in [0, 0.1) is 0 Å². The Morgan fingerprint density at radius 1 is 0.882 bits per heavy atom. The van der Waals surface area contributed by atoms with Gasteiger partial charge in [0.1, 0.15) is 0 Å². The highest BCUT2D eigenvalue weighted by atomic mass is 16.4. The highest BCUT2D eigenvalue weighted by molar-refractivity contribution is 6.08. The predicted molar refractivity (Wildman–Crippen MR) is 137 cm³/mol. The minimum atomic E-state index is -0.954. The summed E-state index contributed by atoms with van der Waals surface area (Å²) in [4.78, 5) is 28.3. The largest absolute Gasteiger partial charge is 0.478 e. The number of aromatic carboxylic acids is 1. The lowest BCUT2D eigenvalue weighted by molar-refractivity contribution is 0.0694. The normalized spacial score (nSPS) is 15.0. The van der Waals surface area contributed by atoms with Crippen LogP contribution in [0.25, 0.3) is 0 Å². The van der Waals surface area contributed by atoms with E-state index in [1.54, 1.807) is 12.1 Å². The van der Waals surface area contributed by atoms with Gasteiger partial charge in [-0.15, -0.1) is 0 Å². The quantitative estimate of drug-likeness (QED) is 0.388. The van der Waals surface area contributed by atoms with Gasteiger partial charge in [-0.25, -0.2) is 4.79 Å². The van der Waals surface area contributed by atoms with E-state index in [0.29, 0.717) is 5.56 Å². The summed E-state index contributed by atoms with van der Waals surface area (Å²) in [6.45, 7) is 2.12. The van der Waals surface area contributed by atoms with Gasteiger partial charge < -0.3 is 10.0 Å². The molecular weight excluding hydrogens is 422 g/mol. The van der Waals surface area contributed by atoms with Crippen molar-refractivity contribution >= 4 is 17.6 Å². The zero-order chi connectivity index (χ0) is 23.9. The summed E-state index contributed by atoms with van der Waals surface area (Å²) >= 11 is 0. The second-order valence-electron chi connectivity index (χ2n) is 9.13. The van der Waals surface area contributed by atoms with Crippen LogP contribution in [-0.2, 0) is 0 Å². The molecule has 0 aliphatic heterocycles. The van der Waals surface area contributed by atoms with Crippen molar-refractivity contribution in [3.8, 4) is 0 Å². The van der Waals surface area contributed by atoms with E-state index < -0.39 is 5.97 Å². The lowest BCUT2D eigenvalue weighted by Gasteiger charge is -2.37. The molecule has 1 atom stereocenters. The number of benzene rings is 3. The van der Waals surface area contributed by atoms with E-state index in [4.69, 9.17) is 0 Å². The molecule has 1 unspecified atom stereocenters. The third-order valence-electron chi connectivity index (χ3n) is 6.88. The number of carboxylic acids is 1. The maximum absolute atomic E-state index is 14.0. The van der Waals surface area contributed by atoms with Crippen LogP contribution in [0.5, 0.6) is 0 Å². The summed E-state index contributed by atoms with van der Waals surface area (Å²) in [5.41, 5.74) is 3.48. The first-order chi connectivity index (χ1) is 16.6. The predicted octanol–water partition coefficient (Wildman–Crippen LogP) is 7.30. The molecule has 0 aromatic heterocycles. The molecular formula is C30H33NO3. The standard InChI is InChI=1S/C30H33NO3/c1-2-13-25(22-14-6-3-7-15-22)28-26(30(33)34)20-12-21-27(28)31(24-18-10-5-11-19-24)29(32)23-16-8-4-9-17-23/h3-4,6-9,12,14-17,20-21,24-25H,2,5,10-11,13,18-19H2,1H3,(H,33,34).